The number of carbonyl (C=O) groups excluding carboxylic acids is 1. The molecule has 2 rings (SSSR count). The molecule has 1 fully saturated rings. The second-order valence-corrected chi connectivity index (χ2v) is 7.66. The minimum Gasteiger partial charge on any atom is -0.376 e. The van der Waals surface area contributed by atoms with Gasteiger partial charge in [0.1, 0.15) is 0 Å². The Morgan fingerprint density at radius 1 is 1.32 bits per heavy atom. The van der Waals surface area contributed by atoms with Gasteiger partial charge < -0.3 is 10.1 Å². The first kappa shape index (κ1) is 19.7. The van der Waals surface area contributed by atoms with Gasteiger partial charge in [0.15, 0.2) is 0 Å². The van der Waals surface area contributed by atoms with Crippen molar-refractivity contribution in [3.8, 4) is 0 Å². The first-order chi connectivity index (χ1) is 11.9. The fraction of sp³-hybridized carbons (Fsp3) is 0.591. The van der Waals surface area contributed by atoms with Crippen LogP contribution in [0.5, 0.6) is 0 Å². The summed E-state index contributed by atoms with van der Waals surface area (Å²) < 4.78 is 5.77. The van der Waals surface area contributed by atoms with Crippen molar-refractivity contribution < 1.29 is 9.53 Å². The average Bonchev–Trinajstić information content (AvgIpc) is 3.40. The molecule has 1 aromatic rings. The summed E-state index contributed by atoms with van der Waals surface area (Å²) in [5.74, 6) is 1.36. The van der Waals surface area contributed by atoms with Gasteiger partial charge in [0.2, 0.25) is 0 Å². The lowest BCUT2D eigenvalue weighted by Crippen LogP contribution is -2.36. The van der Waals surface area contributed by atoms with Crippen molar-refractivity contribution in [3.63, 3.8) is 0 Å². The fourth-order valence-electron chi connectivity index (χ4n) is 2.89. The van der Waals surface area contributed by atoms with E-state index in [9.17, 15) is 4.79 Å². The van der Waals surface area contributed by atoms with Gasteiger partial charge in [0, 0.05) is 18.7 Å². The van der Waals surface area contributed by atoms with E-state index in [1.165, 1.54) is 18.1 Å². The lowest BCUT2D eigenvalue weighted by molar-refractivity contribution is 0.0555. The van der Waals surface area contributed by atoms with Gasteiger partial charge in [0.25, 0.3) is 5.91 Å². The quantitative estimate of drug-likeness (QED) is 0.787. The van der Waals surface area contributed by atoms with Gasteiger partial charge in [-0.15, -0.1) is 0 Å². The van der Waals surface area contributed by atoms with E-state index in [4.69, 9.17) is 4.74 Å². The molecule has 0 saturated heterocycles. The van der Waals surface area contributed by atoms with Crippen LogP contribution in [0.15, 0.2) is 12.1 Å². The van der Waals surface area contributed by atoms with Crippen molar-refractivity contribution in [1.29, 1.82) is 0 Å². The van der Waals surface area contributed by atoms with Gasteiger partial charge in [-0.1, -0.05) is 32.1 Å². The van der Waals surface area contributed by atoms with Gasteiger partial charge in [-0.3, -0.25) is 4.79 Å². The van der Waals surface area contributed by atoms with E-state index in [0.29, 0.717) is 12.5 Å². The van der Waals surface area contributed by atoms with Crippen molar-refractivity contribution in [2.24, 2.45) is 11.8 Å². The number of hydrogen-bond acceptors (Lipinski definition) is 2. The number of nitrogens with one attached hydrogen (secondary N) is 1. The summed E-state index contributed by atoms with van der Waals surface area (Å²) in [6, 6.07) is 4.01. The molecule has 138 valence electrons. The summed E-state index contributed by atoms with van der Waals surface area (Å²) in [7, 11) is 0. The Hall–Kier alpha value is -1.61. The zero-order valence-electron chi connectivity index (χ0n) is 16.4. The van der Waals surface area contributed by atoms with Gasteiger partial charge in [0.05, 0.1) is 6.10 Å². The molecule has 0 aromatic heterocycles. The van der Waals surface area contributed by atoms with Crippen molar-refractivity contribution in [2.75, 3.05) is 13.2 Å². The molecule has 1 atom stereocenters. The van der Waals surface area contributed by atoms with E-state index < -0.39 is 0 Å². The standard InChI is InChI=1S/C22H33NO2/c1-6-20-17(5)21(12-11-19(20)10-7-15(2)3)22(24)23-13-16(4)25-14-18-8-9-18/h6,10-12,15-16,18H,7-9,13-14H2,1-5H3,(H,23,24)/b19-10+,20-6-. The minimum atomic E-state index is -0.0159. The predicted molar refractivity (Wildman–Crippen MR) is 105 cm³/mol. The summed E-state index contributed by atoms with van der Waals surface area (Å²) in [4.78, 5) is 12.6. The third kappa shape index (κ3) is 6.00. The molecular formula is C22H33NO2. The maximum absolute atomic E-state index is 12.6. The normalized spacial score (nSPS) is 17.2. The van der Waals surface area contributed by atoms with E-state index in [1.807, 2.05) is 26.8 Å². The SMILES string of the molecule is C/C=c1/c(C)c(C(=O)NCC(C)OCC2CC2)cc/c1=C\CC(C)C. The zero-order chi connectivity index (χ0) is 18.4. The molecule has 25 heavy (non-hydrogen) atoms. The van der Waals surface area contributed by atoms with E-state index in [-0.39, 0.29) is 12.0 Å². The molecule has 0 radical (unpaired) electrons. The smallest absolute Gasteiger partial charge is 0.251 e. The summed E-state index contributed by atoms with van der Waals surface area (Å²) in [6.07, 6.45) is 8.04. The van der Waals surface area contributed by atoms with E-state index in [2.05, 4.69) is 37.4 Å². The molecule has 0 spiro atoms. The molecule has 1 aliphatic rings. The highest BCUT2D eigenvalue weighted by Gasteiger charge is 2.22. The van der Waals surface area contributed by atoms with Gasteiger partial charge in [-0.25, -0.2) is 0 Å². The highest BCUT2D eigenvalue weighted by atomic mass is 16.5. The number of ether oxygens (including phenoxy) is 1. The summed E-state index contributed by atoms with van der Waals surface area (Å²) in [5.41, 5.74) is 1.80. The van der Waals surface area contributed by atoms with Crippen LogP contribution in [-0.2, 0) is 4.74 Å². The molecule has 1 N–H and O–H groups in total. The Morgan fingerprint density at radius 2 is 2.04 bits per heavy atom. The summed E-state index contributed by atoms with van der Waals surface area (Å²) >= 11 is 0. The predicted octanol–water partition coefficient (Wildman–Crippen LogP) is 3.17. The molecule has 0 bridgehead atoms. The number of carbonyl (C=O) groups is 1. The van der Waals surface area contributed by atoms with Gasteiger partial charge in [-0.2, -0.15) is 0 Å². The second-order valence-electron chi connectivity index (χ2n) is 7.66. The average molecular weight is 344 g/mol. The Balaban J connectivity index is 2.05. The Labute approximate surface area is 152 Å². The highest BCUT2D eigenvalue weighted by Crippen LogP contribution is 2.29. The summed E-state index contributed by atoms with van der Waals surface area (Å²) in [5, 5.41) is 5.39. The summed E-state index contributed by atoms with van der Waals surface area (Å²) in [6.45, 7) is 11.9. The van der Waals surface area contributed by atoms with E-state index >= 15 is 0 Å². The molecule has 0 heterocycles. The van der Waals surface area contributed by atoms with Gasteiger partial charge >= 0.3 is 0 Å². The van der Waals surface area contributed by atoms with Crippen molar-refractivity contribution in [1.82, 2.24) is 5.32 Å². The Bertz CT molecular complexity index is 701. The van der Waals surface area contributed by atoms with Crippen LogP contribution in [0.3, 0.4) is 0 Å². The number of rotatable bonds is 8. The Morgan fingerprint density at radius 3 is 2.64 bits per heavy atom. The molecule has 1 saturated carbocycles. The number of amides is 1. The topological polar surface area (TPSA) is 38.3 Å². The van der Waals surface area contributed by atoms with Crippen LogP contribution in [-0.4, -0.2) is 25.2 Å². The molecule has 1 unspecified atom stereocenters. The molecule has 3 nitrogen and oxygen atoms in total. The van der Waals surface area contributed by atoms with Crippen LogP contribution in [0, 0.1) is 18.8 Å². The zero-order valence-corrected chi connectivity index (χ0v) is 16.4. The lowest BCUT2D eigenvalue weighted by atomic mass is 10.0. The van der Waals surface area contributed by atoms with Crippen LogP contribution < -0.4 is 15.8 Å². The Kier molecular flexibility index (Phi) is 7.24. The fourth-order valence-corrected chi connectivity index (χ4v) is 2.89. The maximum atomic E-state index is 12.6. The van der Waals surface area contributed by atoms with Crippen LogP contribution in [0.2, 0.25) is 0 Å². The van der Waals surface area contributed by atoms with Crippen molar-refractivity contribution >= 4 is 18.1 Å². The molecule has 1 aliphatic carbocycles. The largest absolute Gasteiger partial charge is 0.376 e. The van der Waals surface area contributed by atoms with Gasteiger partial charge in [-0.05, 0) is 73.9 Å². The number of hydrogen-bond donors (Lipinski definition) is 1. The van der Waals surface area contributed by atoms with E-state index in [0.717, 1.165) is 35.3 Å². The van der Waals surface area contributed by atoms with Crippen LogP contribution in [0.4, 0.5) is 0 Å². The first-order valence-electron chi connectivity index (χ1n) is 9.58. The van der Waals surface area contributed by atoms with Crippen LogP contribution in [0.25, 0.3) is 12.2 Å². The molecule has 1 aromatic carbocycles. The van der Waals surface area contributed by atoms with Crippen molar-refractivity contribution in [3.05, 3.63) is 33.7 Å². The molecular weight excluding hydrogens is 310 g/mol. The van der Waals surface area contributed by atoms with Crippen LogP contribution in [0.1, 0.15) is 62.9 Å². The number of benzene rings is 1. The minimum absolute atomic E-state index is 0.0159. The monoisotopic (exact) mass is 343 g/mol. The molecule has 0 aliphatic heterocycles. The molecule has 1 amide bonds. The van der Waals surface area contributed by atoms with Crippen molar-refractivity contribution in [2.45, 2.75) is 60.0 Å². The second kappa shape index (κ2) is 9.19. The van der Waals surface area contributed by atoms with E-state index in [1.54, 1.807) is 0 Å². The maximum Gasteiger partial charge on any atom is 0.251 e. The highest BCUT2D eigenvalue weighted by molar-refractivity contribution is 5.95. The molecule has 3 heteroatoms. The third-order valence-electron chi connectivity index (χ3n) is 4.75. The lowest BCUT2D eigenvalue weighted by Gasteiger charge is -2.15. The third-order valence-corrected chi connectivity index (χ3v) is 4.75. The van der Waals surface area contributed by atoms with Crippen LogP contribution >= 0.6 is 0 Å². The first-order valence-corrected chi connectivity index (χ1v) is 9.58.